The highest BCUT2D eigenvalue weighted by molar-refractivity contribution is 14.1. The van der Waals surface area contributed by atoms with E-state index in [2.05, 4.69) is 46.6 Å². The number of rotatable bonds is 1. The van der Waals surface area contributed by atoms with Crippen molar-refractivity contribution in [2.75, 3.05) is 0 Å². The van der Waals surface area contributed by atoms with Crippen molar-refractivity contribution in [1.82, 2.24) is 4.57 Å². The quantitative estimate of drug-likeness (QED) is 0.563. The number of carbonyl (C=O) groups is 1. The first kappa shape index (κ1) is 14.5. The Balaban J connectivity index is 2.17. The van der Waals surface area contributed by atoms with E-state index in [4.69, 9.17) is 0 Å². The van der Waals surface area contributed by atoms with Crippen LogP contribution in [-0.4, -0.2) is 10.5 Å². The third kappa shape index (κ3) is 2.67. The van der Waals surface area contributed by atoms with Crippen molar-refractivity contribution in [3.8, 4) is 0 Å². The normalized spacial score (nSPS) is 12.0. The molecular weight excluding hydrogens is 395 g/mol. The molecule has 106 valence electrons. The maximum absolute atomic E-state index is 12.4. The summed E-state index contributed by atoms with van der Waals surface area (Å²) in [4.78, 5) is 17.4. The molecule has 1 aromatic heterocycles. The first-order valence-electron chi connectivity index (χ1n) is 6.46. The maximum atomic E-state index is 12.4. The van der Waals surface area contributed by atoms with Crippen molar-refractivity contribution in [1.29, 1.82) is 0 Å². The molecular formula is C16H13IN2OS. The van der Waals surface area contributed by atoms with Gasteiger partial charge in [-0.15, -0.1) is 0 Å². The minimum atomic E-state index is -0.195. The molecule has 0 atom stereocenters. The molecule has 3 nitrogen and oxygen atoms in total. The monoisotopic (exact) mass is 408 g/mol. The SMILES string of the molecule is Cc1cccc2sc(=NC(=O)c3ccccc3I)n(C)c12. The molecule has 0 unspecified atom stereocenters. The van der Waals surface area contributed by atoms with E-state index in [1.807, 2.05) is 41.9 Å². The molecule has 2 aromatic carbocycles. The van der Waals surface area contributed by atoms with Crippen molar-refractivity contribution in [2.45, 2.75) is 6.92 Å². The third-order valence-corrected chi connectivity index (χ3v) is 5.36. The Morgan fingerprint density at radius 2 is 1.95 bits per heavy atom. The number of halogens is 1. The van der Waals surface area contributed by atoms with Crippen molar-refractivity contribution in [2.24, 2.45) is 12.0 Å². The molecule has 0 N–H and O–H groups in total. The highest BCUT2D eigenvalue weighted by atomic mass is 127. The Morgan fingerprint density at radius 1 is 1.19 bits per heavy atom. The van der Waals surface area contributed by atoms with Crippen LogP contribution >= 0.6 is 33.9 Å². The van der Waals surface area contributed by atoms with Crippen LogP contribution in [0.1, 0.15) is 15.9 Å². The van der Waals surface area contributed by atoms with Crippen LogP contribution in [0.15, 0.2) is 47.5 Å². The zero-order valence-corrected chi connectivity index (χ0v) is 14.6. The minimum absolute atomic E-state index is 0.195. The van der Waals surface area contributed by atoms with Crippen LogP contribution < -0.4 is 4.80 Å². The van der Waals surface area contributed by atoms with Gasteiger partial charge in [0.2, 0.25) is 0 Å². The van der Waals surface area contributed by atoms with Crippen LogP contribution in [0.3, 0.4) is 0 Å². The van der Waals surface area contributed by atoms with Gasteiger partial charge < -0.3 is 4.57 Å². The number of hydrogen-bond acceptors (Lipinski definition) is 2. The van der Waals surface area contributed by atoms with Gasteiger partial charge >= 0.3 is 0 Å². The van der Waals surface area contributed by atoms with Gasteiger partial charge in [0.25, 0.3) is 5.91 Å². The van der Waals surface area contributed by atoms with E-state index in [1.54, 1.807) is 0 Å². The van der Waals surface area contributed by atoms with E-state index in [0.29, 0.717) is 5.56 Å². The summed E-state index contributed by atoms with van der Waals surface area (Å²) in [6.45, 7) is 2.07. The Kier molecular flexibility index (Phi) is 3.95. The summed E-state index contributed by atoms with van der Waals surface area (Å²) < 4.78 is 4.05. The predicted octanol–water partition coefficient (Wildman–Crippen LogP) is 3.89. The second kappa shape index (κ2) is 5.73. The fraction of sp³-hybridized carbons (Fsp3) is 0.125. The average molecular weight is 408 g/mol. The third-order valence-electron chi connectivity index (χ3n) is 3.33. The van der Waals surface area contributed by atoms with E-state index < -0.39 is 0 Å². The van der Waals surface area contributed by atoms with E-state index in [9.17, 15) is 4.79 Å². The number of thiazole rings is 1. The summed E-state index contributed by atoms with van der Waals surface area (Å²) in [6.07, 6.45) is 0. The summed E-state index contributed by atoms with van der Waals surface area (Å²) in [5, 5.41) is 0. The number of aromatic nitrogens is 1. The lowest BCUT2D eigenvalue weighted by atomic mass is 10.2. The van der Waals surface area contributed by atoms with Gasteiger partial charge in [-0.1, -0.05) is 35.6 Å². The number of hydrogen-bond donors (Lipinski definition) is 0. The highest BCUT2D eigenvalue weighted by Gasteiger charge is 2.10. The molecule has 0 saturated carbocycles. The van der Waals surface area contributed by atoms with Crippen LogP contribution in [0.5, 0.6) is 0 Å². The fourth-order valence-electron chi connectivity index (χ4n) is 2.29. The van der Waals surface area contributed by atoms with Gasteiger partial charge in [0.15, 0.2) is 4.80 Å². The Morgan fingerprint density at radius 3 is 2.67 bits per heavy atom. The lowest BCUT2D eigenvalue weighted by Gasteiger charge is -2.00. The van der Waals surface area contributed by atoms with Gasteiger partial charge in [0.1, 0.15) is 0 Å². The van der Waals surface area contributed by atoms with Crippen LogP contribution in [0, 0.1) is 10.5 Å². The molecule has 0 aliphatic carbocycles. The van der Waals surface area contributed by atoms with Crippen molar-refractivity contribution in [3.05, 3.63) is 62.0 Å². The second-order valence-corrected chi connectivity index (χ2v) is 6.93. The van der Waals surface area contributed by atoms with Crippen LogP contribution in [-0.2, 0) is 7.05 Å². The summed E-state index contributed by atoms with van der Waals surface area (Å²) in [5.74, 6) is -0.195. The van der Waals surface area contributed by atoms with Crippen molar-refractivity contribution >= 4 is 50.1 Å². The zero-order valence-electron chi connectivity index (χ0n) is 11.6. The van der Waals surface area contributed by atoms with Crippen LogP contribution in [0.4, 0.5) is 0 Å². The number of amides is 1. The van der Waals surface area contributed by atoms with E-state index in [0.717, 1.165) is 18.6 Å². The molecule has 0 aliphatic heterocycles. The minimum Gasteiger partial charge on any atom is -0.319 e. The van der Waals surface area contributed by atoms with Crippen molar-refractivity contribution < 1.29 is 4.79 Å². The van der Waals surface area contributed by atoms with Gasteiger partial charge in [-0.25, -0.2) is 0 Å². The van der Waals surface area contributed by atoms with Gasteiger partial charge in [0, 0.05) is 10.6 Å². The molecule has 0 spiro atoms. The zero-order chi connectivity index (χ0) is 15.0. The van der Waals surface area contributed by atoms with E-state index >= 15 is 0 Å². The highest BCUT2D eigenvalue weighted by Crippen LogP contribution is 2.20. The number of fused-ring (bicyclic) bond motifs is 1. The van der Waals surface area contributed by atoms with E-state index in [-0.39, 0.29) is 5.91 Å². The lowest BCUT2D eigenvalue weighted by molar-refractivity contribution is 0.0997. The Labute approximate surface area is 140 Å². The van der Waals surface area contributed by atoms with Gasteiger partial charge in [0.05, 0.1) is 15.8 Å². The molecule has 21 heavy (non-hydrogen) atoms. The number of benzene rings is 2. The van der Waals surface area contributed by atoms with Crippen LogP contribution in [0.2, 0.25) is 0 Å². The summed E-state index contributed by atoms with van der Waals surface area (Å²) in [6, 6.07) is 13.7. The Hall–Kier alpha value is -1.47. The summed E-state index contributed by atoms with van der Waals surface area (Å²) >= 11 is 3.70. The maximum Gasteiger partial charge on any atom is 0.280 e. The smallest absolute Gasteiger partial charge is 0.280 e. The molecule has 1 heterocycles. The fourth-order valence-corrected chi connectivity index (χ4v) is 4.00. The standard InChI is InChI=1S/C16H13IN2OS/c1-10-6-5-9-13-14(10)19(2)16(21-13)18-15(20)11-7-3-4-8-12(11)17/h3-9H,1-2H3. The van der Waals surface area contributed by atoms with Gasteiger partial charge in [-0.05, 0) is 53.3 Å². The van der Waals surface area contributed by atoms with Crippen LogP contribution in [0.25, 0.3) is 10.2 Å². The number of para-hydroxylation sites is 1. The average Bonchev–Trinajstić information content (AvgIpc) is 2.77. The number of nitrogens with zero attached hydrogens (tertiary/aromatic N) is 2. The molecule has 1 amide bonds. The van der Waals surface area contributed by atoms with Gasteiger partial charge in [-0.2, -0.15) is 4.99 Å². The molecule has 0 radical (unpaired) electrons. The molecule has 0 aliphatic rings. The first-order valence-corrected chi connectivity index (χ1v) is 8.36. The Bertz CT molecular complexity index is 908. The molecule has 0 bridgehead atoms. The number of carbonyl (C=O) groups excluding carboxylic acids is 1. The largest absolute Gasteiger partial charge is 0.319 e. The summed E-state index contributed by atoms with van der Waals surface area (Å²) in [5.41, 5.74) is 2.97. The van der Waals surface area contributed by atoms with E-state index in [1.165, 1.54) is 16.9 Å². The molecule has 3 rings (SSSR count). The molecule has 5 heteroatoms. The first-order chi connectivity index (χ1) is 10.1. The molecule has 0 fully saturated rings. The second-order valence-electron chi connectivity index (χ2n) is 4.76. The lowest BCUT2D eigenvalue weighted by Crippen LogP contribution is -2.14. The van der Waals surface area contributed by atoms with Crippen molar-refractivity contribution in [3.63, 3.8) is 0 Å². The topological polar surface area (TPSA) is 34.4 Å². The number of aryl methyl sites for hydroxylation is 2. The molecule has 0 saturated heterocycles. The summed E-state index contributed by atoms with van der Waals surface area (Å²) in [7, 11) is 1.95. The van der Waals surface area contributed by atoms with Gasteiger partial charge in [-0.3, -0.25) is 4.79 Å². The molecule has 3 aromatic rings. The predicted molar refractivity (Wildman–Crippen MR) is 94.6 cm³/mol.